The van der Waals surface area contributed by atoms with E-state index < -0.39 is 6.10 Å². The second-order valence-corrected chi connectivity index (χ2v) is 6.32. The molecule has 7 nitrogen and oxygen atoms in total. The fourth-order valence-corrected chi connectivity index (χ4v) is 3.26. The van der Waals surface area contributed by atoms with Crippen LogP contribution in [0.25, 0.3) is 0 Å². The summed E-state index contributed by atoms with van der Waals surface area (Å²) in [6, 6.07) is 5.91. The summed E-state index contributed by atoms with van der Waals surface area (Å²) in [4.78, 5) is 4.42. The maximum Gasteiger partial charge on any atom is 0.161 e. The van der Waals surface area contributed by atoms with Crippen LogP contribution in [0.5, 0.6) is 11.5 Å². The molecule has 0 fully saturated rings. The molecule has 24 heavy (non-hydrogen) atoms. The van der Waals surface area contributed by atoms with E-state index in [9.17, 15) is 5.11 Å². The summed E-state index contributed by atoms with van der Waals surface area (Å²) >= 11 is 0. The number of hydrogen-bond donors (Lipinski definition) is 2. The summed E-state index contributed by atoms with van der Waals surface area (Å²) in [5.74, 6) is 3.32. The Labute approximate surface area is 140 Å². The number of aryl methyl sites for hydroxylation is 2. The Bertz CT molecular complexity index is 731. The topological polar surface area (TPSA) is 81.4 Å². The van der Waals surface area contributed by atoms with Crippen molar-refractivity contribution in [3.63, 3.8) is 0 Å². The molecule has 1 aromatic heterocycles. The lowest BCUT2D eigenvalue weighted by Crippen LogP contribution is -2.39. The zero-order valence-electron chi connectivity index (χ0n) is 13.7. The van der Waals surface area contributed by atoms with Crippen LogP contribution < -0.4 is 14.8 Å². The molecule has 0 aliphatic carbocycles. The van der Waals surface area contributed by atoms with E-state index in [1.807, 2.05) is 29.8 Å². The van der Waals surface area contributed by atoms with Gasteiger partial charge in [0.15, 0.2) is 11.5 Å². The first-order valence-corrected chi connectivity index (χ1v) is 8.40. The molecule has 0 spiro atoms. The van der Waals surface area contributed by atoms with Crippen molar-refractivity contribution in [2.24, 2.45) is 0 Å². The predicted octanol–water partition coefficient (Wildman–Crippen LogP) is 0.996. The van der Waals surface area contributed by atoms with E-state index in [-0.39, 0.29) is 0 Å². The summed E-state index contributed by atoms with van der Waals surface area (Å²) in [6.45, 7) is 4.32. The minimum atomic E-state index is -0.584. The Hall–Kier alpha value is -2.12. The molecule has 1 aromatic carbocycles. The Kier molecular flexibility index (Phi) is 4.12. The van der Waals surface area contributed by atoms with Crippen molar-refractivity contribution in [1.82, 2.24) is 20.1 Å². The van der Waals surface area contributed by atoms with Gasteiger partial charge in [-0.2, -0.15) is 5.10 Å². The quantitative estimate of drug-likeness (QED) is 0.870. The van der Waals surface area contributed by atoms with Crippen LogP contribution in [0, 0.1) is 6.92 Å². The summed E-state index contributed by atoms with van der Waals surface area (Å²) in [5, 5.41) is 18.3. The monoisotopic (exact) mass is 330 g/mol. The second kappa shape index (κ2) is 6.41. The third-order valence-electron chi connectivity index (χ3n) is 4.51. The van der Waals surface area contributed by atoms with E-state index in [1.54, 1.807) is 0 Å². The number of fused-ring (bicyclic) bond motifs is 2. The van der Waals surface area contributed by atoms with Gasteiger partial charge in [0.05, 0.1) is 12.6 Å². The molecule has 2 N–H and O–H groups in total. The molecule has 128 valence electrons. The van der Waals surface area contributed by atoms with E-state index in [1.165, 1.54) is 0 Å². The molecular formula is C17H22N4O3. The zero-order chi connectivity index (χ0) is 16.5. The van der Waals surface area contributed by atoms with Crippen molar-refractivity contribution in [1.29, 1.82) is 0 Å². The molecule has 0 amide bonds. The fourth-order valence-electron chi connectivity index (χ4n) is 3.26. The molecule has 2 aromatic rings. The number of rotatable bonds is 4. The van der Waals surface area contributed by atoms with Gasteiger partial charge in [0.1, 0.15) is 24.9 Å². The van der Waals surface area contributed by atoms with E-state index >= 15 is 0 Å². The Balaban J connectivity index is 1.36. The molecular weight excluding hydrogens is 308 g/mol. The van der Waals surface area contributed by atoms with Gasteiger partial charge in [0, 0.05) is 19.0 Å². The van der Waals surface area contributed by atoms with Gasteiger partial charge in [0.25, 0.3) is 0 Å². The summed E-state index contributed by atoms with van der Waals surface area (Å²) in [6.07, 6.45) is 1.34. The standard InChI is InChI=1S/C17H22N4O3/c1-11-19-17-5-3-13(10-21(17)20-11)18-9-14(22)12-2-4-15-16(8-12)24-7-6-23-15/h2,4,8,13-14,18,22H,3,5-7,9-10H2,1H3/t13-,14+/m0/s1. The van der Waals surface area contributed by atoms with Crippen molar-refractivity contribution in [3.05, 3.63) is 35.4 Å². The first kappa shape index (κ1) is 15.4. The number of aliphatic hydroxyl groups excluding tert-OH is 1. The molecule has 3 heterocycles. The van der Waals surface area contributed by atoms with E-state index in [0.717, 1.165) is 42.3 Å². The van der Waals surface area contributed by atoms with Gasteiger partial charge in [0.2, 0.25) is 0 Å². The number of aliphatic hydroxyl groups is 1. The third-order valence-corrected chi connectivity index (χ3v) is 4.51. The van der Waals surface area contributed by atoms with E-state index in [4.69, 9.17) is 9.47 Å². The van der Waals surface area contributed by atoms with Crippen LogP contribution in [0.4, 0.5) is 0 Å². The van der Waals surface area contributed by atoms with Crippen LogP contribution in [0.1, 0.15) is 29.7 Å². The predicted molar refractivity (Wildman–Crippen MR) is 87.3 cm³/mol. The van der Waals surface area contributed by atoms with Gasteiger partial charge in [-0.05, 0) is 31.0 Å². The van der Waals surface area contributed by atoms with Gasteiger partial charge in [-0.3, -0.25) is 0 Å². The molecule has 7 heteroatoms. The highest BCUT2D eigenvalue weighted by Gasteiger charge is 2.22. The number of aromatic nitrogens is 3. The maximum absolute atomic E-state index is 10.5. The van der Waals surface area contributed by atoms with E-state index in [2.05, 4.69) is 15.4 Å². The van der Waals surface area contributed by atoms with Gasteiger partial charge in [-0.1, -0.05) is 6.07 Å². The summed E-state index contributed by atoms with van der Waals surface area (Å²) in [7, 11) is 0. The van der Waals surface area contributed by atoms with Crippen LogP contribution >= 0.6 is 0 Å². The molecule has 0 saturated heterocycles. The normalized spacial score (nSPS) is 20.5. The van der Waals surface area contributed by atoms with Crippen LogP contribution in [0.15, 0.2) is 18.2 Å². The largest absolute Gasteiger partial charge is 0.486 e. The van der Waals surface area contributed by atoms with Gasteiger partial charge >= 0.3 is 0 Å². The molecule has 0 bridgehead atoms. The molecule has 4 rings (SSSR count). The number of nitrogens with one attached hydrogen (secondary N) is 1. The molecule has 2 atom stereocenters. The molecule has 0 unspecified atom stereocenters. The Morgan fingerprint density at radius 2 is 2.17 bits per heavy atom. The average Bonchev–Trinajstić information content (AvgIpc) is 2.98. The highest BCUT2D eigenvalue weighted by molar-refractivity contribution is 5.44. The summed E-state index contributed by atoms with van der Waals surface area (Å²) in [5.41, 5.74) is 0.833. The number of ether oxygens (including phenoxy) is 2. The van der Waals surface area contributed by atoms with Crippen molar-refractivity contribution >= 4 is 0 Å². The zero-order valence-corrected chi connectivity index (χ0v) is 13.7. The highest BCUT2D eigenvalue weighted by Crippen LogP contribution is 2.32. The smallest absolute Gasteiger partial charge is 0.161 e. The van der Waals surface area contributed by atoms with Crippen LogP contribution in [-0.2, 0) is 13.0 Å². The first-order valence-electron chi connectivity index (χ1n) is 8.40. The minimum Gasteiger partial charge on any atom is -0.486 e. The lowest BCUT2D eigenvalue weighted by Gasteiger charge is -2.25. The van der Waals surface area contributed by atoms with Gasteiger partial charge in [-0.15, -0.1) is 0 Å². The maximum atomic E-state index is 10.5. The van der Waals surface area contributed by atoms with Gasteiger partial charge in [-0.25, -0.2) is 9.67 Å². The number of hydrogen-bond acceptors (Lipinski definition) is 6. The van der Waals surface area contributed by atoms with E-state index in [0.29, 0.717) is 31.5 Å². The second-order valence-electron chi connectivity index (χ2n) is 6.32. The van der Waals surface area contributed by atoms with Crippen molar-refractivity contribution in [3.8, 4) is 11.5 Å². The average molecular weight is 330 g/mol. The molecule has 2 aliphatic rings. The highest BCUT2D eigenvalue weighted by atomic mass is 16.6. The number of nitrogens with zero attached hydrogens (tertiary/aromatic N) is 3. The summed E-state index contributed by atoms with van der Waals surface area (Å²) < 4.78 is 13.1. The Morgan fingerprint density at radius 1 is 1.33 bits per heavy atom. The lowest BCUT2D eigenvalue weighted by molar-refractivity contribution is 0.158. The fraction of sp³-hybridized carbons (Fsp3) is 0.529. The van der Waals surface area contributed by atoms with Crippen molar-refractivity contribution in [2.45, 2.75) is 38.5 Å². The van der Waals surface area contributed by atoms with Crippen molar-refractivity contribution in [2.75, 3.05) is 19.8 Å². The lowest BCUT2D eigenvalue weighted by atomic mass is 10.1. The first-order chi connectivity index (χ1) is 11.7. The molecule has 2 aliphatic heterocycles. The van der Waals surface area contributed by atoms with Crippen LogP contribution in [0.3, 0.4) is 0 Å². The van der Waals surface area contributed by atoms with Crippen molar-refractivity contribution < 1.29 is 14.6 Å². The minimum absolute atomic E-state index is 0.297. The molecule has 0 radical (unpaired) electrons. The van der Waals surface area contributed by atoms with Crippen LogP contribution in [0.2, 0.25) is 0 Å². The number of benzene rings is 1. The van der Waals surface area contributed by atoms with Crippen LogP contribution in [-0.4, -0.2) is 45.7 Å². The SMILES string of the molecule is Cc1nc2n(n1)C[C@@H](NC[C@@H](O)c1ccc3c(c1)OCCO3)CC2. The van der Waals surface area contributed by atoms with Gasteiger partial charge < -0.3 is 19.9 Å². The molecule has 0 saturated carbocycles. The Morgan fingerprint density at radius 3 is 3.04 bits per heavy atom. The third kappa shape index (κ3) is 3.09.